The molecule has 3 aliphatic rings. The number of hydrogen-bond acceptors (Lipinski definition) is 3. The third-order valence-electron chi connectivity index (χ3n) is 5.25. The van der Waals surface area contributed by atoms with Gasteiger partial charge in [-0.25, -0.2) is 0 Å². The van der Waals surface area contributed by atoms with E-state index in [1.165, 1.54) is 19.3 Å². The van der Waals surface area contributed by atoms with Crippen molar-refractivity contribution in [3.63, 3.8) is 0 Å². The van der Waals surface area contributed by atoms with Crippen LogP contribution < -0.4 is 5.32 Å². The van der Waals surface area contributed by atoms with Gasteiger partial charge in [0.1, 0.15) is 0 Å². The van der Waals surface area contributed by atoms with E-state index in [0.29, 0.717) is 28.7 Å². The van der Waals surface area contributed by atoms with Gasteiger partial charge in [-0.3, -0.25) is 19.7 Å². The molecule has 4 rings (SSSR count). The molecular weight excluding hydrogens is 280 g/mol. The number of imide groups is 1. The molecule has 3 amide bonds. The number of carbonyl (C=O) groups is 3. The number of likely N-dealkylation sites (tertiary alicyclic amines) is 1. The molecule has 1 saturated heterocycles. The Hall–Kier alpha value is -2.17. The maximum Gasteiger partial charge on any atom is 0.258 e. The highest BCUT2D eigenvalue weighted by molar-refractivity contribution is 6.22. The van der Waals surface area contributed by atoms with Crippen molar-refractivity contribution in [2.24, 2.45) is 5.92 Å². The number of rotatable bonds is 1. The first-order valence-electron chi connectivity index (χ1n) is 7.96. The van der Waals surface area contributed by atoms with Gasteiger partial charge in [-0.15, -0.1) is 0 Å². The van der Waals surface area contributed by atoms with Crippen molar-refractivity contribution >= 4 is 17.7 Å². The molecule has 1 aromatic rings. The summed E-state index contributed by atoms with van der Waals surface area (Å²) in [6.07, 6.45) is 5.84. The summed E-state index contributed by atoms with van der Waals surface area (Å²) in [5, 5.41) is 2.26. The lowest BCUT2D eigenvalue weighted by Gasteiger charge is -2.31. The summed E-state index contributed by atoms with van der Waals surface area (Å²) >= 11 is 0. The Balaban J connectivity index is 1.62. The summed E-state index contributed by atoms with van der Waals surface area (Å²) in [6.45, 7) is 0.802. The van der Waals surface area contributed by atoms with Crippen molar-refractivity contribution < 1.29 is 14.4 Å². The standard InChI is InChI=1S/C17H18N2O3/c20-15-12-6-5-11(9-13(12)16(21)18-15)17(22)19-8-7-10-3-1-2-4-14(10)19/h5-6,9-10,14H,1-4,7-8H2,(H,18,20,21). The Bertz CT molecular complexity index is 682. The molecule has 0 radical (unpaired) electrons. The fraction of sp³-hybridized carbons (Fsp3) is 0.471. The Labute approximate surface area is 128 Å². The number of hydrogen-bond donors (Lipinski definition) is 1. The molecule has 22 heavy (non-hydrogen) atoms. The third-order valence-corrected chi connectivity index (χ3v) is 5.25. The molecule has 2 aliphatic heterocycles. The number of carbonyl (C=O) groups excluding carboxylic acids is 3. The molecule has 0 bridgehead atoms. The number of amides is 3. The highest BCUT2D eigenvalue weighted by Crippen LogP contribution is 2.37. The summed E-state index contributed by atoms with van der Waals surface area (Å²) in [6, 6.07) is 5.16. The fourth-order valence-corrected chi connectivity index (χ4v) is 4.12. The van der Waals surface area contributed by atoms with Gasteiger partial charge in [-0.1, -0.05) is 12.8 Å². The maximum absolute atomic E-state index is 12.8. The molecule has 5 heteroatoms. The number of fused-ring (bicyclic) bond motifs is 2. The Morgan fingerprint density at radius 1 is 1.05 bits per heavy atom. The minimum absolute atomic E-state index is 0.00986. The van der Waals surface area contributed by atoms with Crippen molar-refractivity contribution in [1.82, 2.24) is 10.2 Å². The van der Waals surface area contributed by atoms with Crippen molar-refractivity contribution in [2.45, 2.75) is 38.1 Å². The van der Waals surface area contributed by atoms with Gasteiger partial charge in [0.05, 0.1) is 11.1 Å². The number of benzene rings is 1. The van der Waals surface area contributed by atoms with Crippen LogP contribution in [0, 0.1) is 5.92 Å². The number of nitrogens with one attached hydrogen (secondary N) is 1. The third kappa shape index (κ3) is 1.95. The molecule has 114 valence electrons. The van der Waals surface area contributed by atoms with E-state index >= 15 is 0 Å². The SMILES string of the molecule is O=C1NC(=O)c2cc(C(=O)N3CCC4CCCCC43)ccc21. The first kappa shape index (κ1) is 13.5. The lowest BCUT2D eigenvalue weighted by atomic mass is 9.85. The van der Waals surface area contributed by atoms with Crippen LogP contribution in [0.5, 0.6) is 0 Å². The first-order chi connectivity index (χ1) is 10.6. The zero-order chi connectivity index (χ0) is 15.3. The molecule has 2 heterocycles. The fourth-order valence-electron chi connectivity index (χ4n) is 4.12. The predicted molar refractivity (Wildman–Crippen MR) is 79.6 cm³/mol. The molecule has 2 atom stereocenters. The van der Waals surface area contributed by atoms with Gasteiger partial charge in [0, 0.05) is 18.2 Å². The maximum atomic E-state index is 12.8. The summed E-state index contributed by atoms with van der Waals surface area (Å²) in [5.74, 6) is -0.166. The smallest absolute Gasteiger partial charge is 0.258 e. The Morgan fingerprint density at radius 3 is 2.68 bits per heavy atom. The molecule has 5 nitrogen and oxygen atoms in total. The molecule has 2 unspecified atom stereocenters. The van der Waals surface area contributed by atoms with Crippen molar-refractivity contribution in [2.75, 3.05) is 6.54 Å². The summed E-state index contributed by atoms with van der Waals surface area (Å²) in [4.78, 5) is 38.1. The van der Waals surface area contributed by atoms with Crippen LogP contribution in [-0.2, 0) is 0 Å². The molecule has 2 fully saturated rings. The summed E-state index contributed by atoms with van der Waals surface area (Å²) in [7, 11) is 0. The second-order valence-electron chi connectivity index (χ2n) is 6.44. The van der Waals surface area contributed by atoms with Crippen LogP contribution in [0.3, 0.4) is 0 Å². The number of nitrogens with zero attached hydrogens (tertiary/aromatic N) is 1. The lowest BCUT2D eigenvalue weighted by molar-refractivity contribution is 0.0689. The average Bonchev–Trinajstić information content (AvgIpc) is 3.08. The monoisotopic (exact) mass is 298 g/mol. The predicted octanol–water partition coefficient (Wildman–Crippen LogP) is 1.97. The largest absolute Gasteiger partial charge is 0.335 e. The van der Waals surface area contributed by atoms with Gasteiger partial charge in [0.15, 0.2) is 0 Å². The van der Waals surface area contributed by atoms with Gasteiger partial charge in [0.25, 0.3) is 17.7 Å². The summed E-state index contributed by atoms with van der Waals surface area (Å²) < 4.78 is 0. The van der Waals surface area contributed by atoms with E-state index in [2.05, 4.69) is 5.32 Å². The zero-order valence-corrected chi connectivity index (χ0v) is 12.3. The van der Waals surface area contributed by atoms with E-state index in [0.717, 1.165) is 19.4 Å². The topological polar surface area (TPSA) is 66.5 Å². The second kappa shape index (κ2) is 4.93. The quantitative estimate of drug-likeness (QED) is 0.806. The van der Waals surface area contributed by atoms with E-state index in [-0.39, 0.29) is 11.8 Å². The van der Waals surface area contributed by atoms with E-state index in [4.69, 9.17) is 0 Å². The molecule has 1 aliphatic carbocycles. The average molecular weight is 298 g/mol. The molecular formula is C17H18N2O3. The van der Waals surface area contributed by atoms with Crippen LogP contribution in [0.25, 0.3) is 0 Å². The van der Waals surface area contributed by atoms with Crippen LogP contribution in [0.2, 0.25) is 0 Å². The molecule has 1 aromatic carbocycles. The lowest BCUT2D eigenvalue weighted by Crippen LogP contribution is -2.39. The highest BCUT2D eigenvalue weighted by Gasteiger charge is 2.39. The summed E-state index contributed by atoms with van der Waals surface area (Å²) in [5.41, 5.74) is 1.18. The van der Waals surface area contributed by atoms with Gasteiger partial charge in [-0.2, -0.15) is 0 Å². The van der Waals surface area contributed by atoms with E-state index in [9.17, 15) is 14.4 Å². The van der Waals surface area contributed by atoms with Crippen LogP contribution in [0.15, 0.2) is 18.2 Å². The van der Waals surface area contributed by atoms with Crippen LogP contribution in [0.4, 0.5) is 0 Å². The molecule has 1 N–H and O–H groups in total. The van der Waals surface area contributed by atoms with Crippen molar-refractivity contribution in [3.05, 3.63) is 34.9 Å². The van der Waals surface area contributed by atoms with Gasteiger partial charge in [0.2, 0.25) is 0 Å². The van der Waals surface area contributed by atoms with Gasteiger partial charge >= 0.3 is 0 Å². The molecule has 0 aromatic heterocycles. The van der Waals surface area contributed by atoms with Crippen molar-refractivity contribution in [3.8, 4) is 0 Å². The van der Waals surface area contributed by atoms with Gasteiger partial charge in [-0.05, 0) is 43.4 Å². The minimum atomic E-state index is -0.411. The van der Waals surface area contributed by atoms with E-state index in [1.54, 1.807) is 18.2 Å². The normalized spacial score (nSPS) is 26.6. The first-order valence-corrected chi connectivity index (χ1v) is 7.96. The minimum Gasteiger partial charge on any atom is -0.335 e. The van der Waals surface area contributed by atoms with Crippen LogP contribution >= 0.6 is 0 Å². The van der Waals surface area contributed by atoms with Crippen LogP contribution in [0.1, 0.15) is 63.2 Å². The van der Waals surface area contributed by atoms with E-state index in [1.807, 2.05) is 4.90 Å². The highest BCUT2D eigenvalue weighted by atomic mass is 16.2. The second-order valence-corrected chi connectivity index (χ2v) is 6.44. The Morgan fingerprint density at radius 2 is 1.82 bits per heavy atom. The van der Waals surface area contributed by atoms with Gasteiger partial charge < -0.3 is 4.90 Å². The van der Waals surface area contributed by atoms with E-state index < -0.39 is 5.91 Å². The van der Waals surface area contributed by atoms with Crippen LogP contribution in [-0.4, -0.2) is 35.2 Å². The van der Waals surface area contributed by atoms with Crippen molar-refractivity contribution in [1.29, 1.82) is 0 Å². The Kier molecular flexibility index (Phi) is 3.03. The molecule has 1 saturated carbocycles. The molecule has 0 spiro atoms. The zero-order valence-electron chi connectivity index (χ0n) is 12.3.